The lowest BCUT2D eigenvalue weighted by atomic mass is 10.2. The summed E-state index contributed by atoms with van der Waals surface area (Å²) < 4.78 is 5.51. The number of carbonyl (C=O) groups excluding carboxylic acids is 1. The maximum Gasteiger partial charge on any atom is 0.241 e. The van der Waals surface area contributed by atoms with Crippen molar-refractivity contribution in [1.29, 1.82) is 0 Å². The number of nitrogens with one attached hydrogen (secondary N) is 1. The van der Waals surface area contributed by atoms with E-state index in [2.05, 4.69) is 19.2 Å². The van der Waals surface area contributed by atoms with Crippen LogP contribution in [0, 0.1) is 0 Å². The first-order valence-corrected chi connectivity index (χ1v) is 6.85. The van der Waals surface area contributed by atoms with Gasteiger partial charge in [-0.05, 0) is 19.8 Å². The van der Waals surface area contributed by atoms with Crippen LogP contribution >= 0.6 is 0 Å². The minimum absolute atomic E-state index is 0.0191. The Balaban J connectivity index is 2.25. The van der Waals surface area contributed by atoms with Crippen LogP contribution in [0.1, 0.15) is 46.5 Å². The monoisotopic (exact) mass is 242 g/mol. The van der Waals surface area contributed by atoms with E-state index >= 15 is 0 Å². The number of hydrogen-bond acceptors (Lipinski definition) is 3. The van der Waals surface area contributed by atoms with Gasteiger partial charge in [-0.1, -0.05) is 26.7 Å². The molecule has 0 aromatic heterocycles. The highest BCUT2D eigenvalue weighted by Gasteiger charge is 2.34. The van der Waals surface area contributed by atoms with Gasteiger partial charge < -0.3 is 9.64 Å². The van der Waals surface area contributed by atoms with Crippen LogP contribution in [0.4, 0.5) is 0 Å². The molecular weight excluding hydrogens is 216 g/mol. The number of unbranched alkanes of at least 4 members (excludes halogenated alkanes) is 1. The summed E-state index contributed by atoms with van der Waals surface area (Å²) in [5, 5.41) is 3.33. The Morgan fingerprint density at radius 2 is 2.06 bits per heavy atom. The van der Waals surface area contributed by atoms with Crippen molar-refractivity contribution < 1.29 is 9.53 Å². The molecule has 0 spiro atoms. The molecule has 2 atom stereocenters. The summed E-state index contributed by atoms with van der Waals surface area (Å²) in [7, 11) is 0. The molecule has 1 fully saturated rings. The normalized spacial score (nSPS) is 24.6. The molecule has 4 heteroatoms. The second kappa shape index (κ2) is 7.67. The van der Waals surface area contributed by atoms with Gasteiger partial charge in [0.05, 0.1) is 18.8 Å². The van der Waals surface area contributed by atoms with Crippen molar-refractivity contribution in [3.63, 3.8) is 0 Å². The SMILES string of the molecule is CCCCOCCN1C(=O)C(CCC)NC1C. The maximum atomic E-state index is 12.0. The van der Waals surface area contributed by atoms with Crippen molar-refractivity contribution in [1.82, 2.24) is 10.2 Å². The van der Waals surface area contributed by atoms with Crippen LogP contribution in [0.3, 0.4) is 0 Å². The average molecular weight is 242 g/mol. The third-order valence-corrected chi connectivity index (χ3v) is 3.19. The minimum Gasteiger partial charge on any atom is -0.380 e. The standard InChI is InChI=1S/C13H26N2O2/c1-4-6-9-17-10-8-15-11(3)14-12(7-5-2)13(15)16/h11-12,14H,4-10H2,1-3H3. The maximum absolute atomic E-state index is 12.0. The molecule has 0 bridgehead atoms. The van der Waals surface area contributed by atoms with Crippen LogP contribution in [0.25, 0.3) is 0 Å². The molecule has 0 saturated carbocycles. The van der Waals surface area contributed by atoms with Crippen molar-refractivity contribution in [2.75, 3.05) is 19.8 Å². The van der Waals surface area contributed by atoms with Gasteiger partial charge in [0.2, 0.25) is 5.91 Å². The van der Waals surface area contributed by atoms with Crippen LogP contribution in [0.15, 0.2) is 0 Å². The smallest absolute Gasteiger partial charge is 0.241 e. The van der Waals surface area contributed by atoms with Gasteiger partial charge in [0.15, 0.2) is 0 Å². The summed E-state index contributed by atoms with van der Waals surface area (Å²) in [6, 6.07) is 0.0191. The molecule has 0 radical (unpaired) electrons. The highest BCUT2D eigenvalue weighted by atomic mass is 16.5. The van der Waals surface area contributed by atoms with Crippen molar-refractivity contribution in [3.05, 3.63) is 0 Å². The molecular formula is C13H26N2O2. The predicted molar refractivity (Wildman–Crippen MR) is 68.7 cm³/mol. The Bertz CT molecular complexity index is 233. The highest BCUT2D eigenvalue weighted by molar-refractivity contribution is 5.84. The van der Waals surface area contributed by atoms with Crippen LogP contribution in [0.5, 0.6) is 0 Å². The number of hydrogen-bond donors (Lipinski definition) is 1. The molecule has 100 valence electrons. The van der Waals surface area contributed by atoms with Crippen LogP contribution in [-0.2, 0) is 9.53 Å². The zero-order valence-electron chi connectivity index (χ0n) is 11.4. The molecule has 2 unspecified atom stereocenters. The molecule has 17 heavy (non-hydrogen) atoms. The topological polar surface area (TPSA) is 41.6 Å². The number of ether oxygens (including phenoxy) is 1. The molecule has 1 heterocycles. The van der Waals surface area contributed by atoms with Gasteiger partial charge in [0, 0.05) is 13.2 Å². The molecule has 0 aliphatic carbocycles. The van der Waals surface area contributed by atoms with Gasteiger partial charge >= 0.3 is 0 Å². The zero-order valence-corrected chi connectivity index (χ0v) is 11.4. The molecule has 1 aliphatic heterocycles. The summed E-state index contributed by atoms with van der Waals surface area (Å²) in [6.07, 6.45) is 4.36. The molecule has 1 N–H and O–H groups in total. The number of nitrogens with zero attached hydrogens (tertiary/aromatic N) is 1. The molecule has 1 rings (SSSR count). The summed E-state index contributed by atoms with van der Waals surface area (Å²) in [5.41, 5.74) is 0. The van der Waals surface area contributed by atoms with Gasteiger partial charge in [-0.15, -0.1) is 0 Å². The van der Waals surface area contributed by atoms with Crippen molar-refractivity contribution in [2.45, 2.75) is 58.7 Å². The number of amides is 1. The Kier molecular flexibility index (Phi) is 6.52. The quantitative estimate of drug-likeness (QED) is 0.659. The first kappa shape index (κ1) is 14.5. The van der Waals surface area contributed by atoms with Gasteiger partial charge in [0.1, 0.15) is 0 Å². The van der Waals surface area contributed by atoms with Gasteiger partial charge in [-0.2, -0.15) is 0 Å². The van der Waals surface area contributed by atoms with E-state index in [4.69, 9.17) is 4.74 Å². The largest absolute Gasteiger partial charge is 0.380 e. The number of rotatable bonds is 8. The third-order valence-electron chi connectivity index (χ3n) is 3.19. The first-order chi connectivity index (χ1) is 8.20. The van der Waals surface area contributed by atoms with E-state index in [0.29, 0.717) is 13.2 Å². The highest BCUT2D eigenvalue weighted by Crippen LogP contribution is 2.13. The van der Waals surface area contributed by atoms with Crippen molar-refractivity contribution in [3.8, 4) is 0 Å². The van der Waals surface area contributed by atoms with Gasteiger partial charge in [0.25, 0.3) is 0 Å². The Morgan fingerprint density at radius 1 is 1.29 bits per heavy atom. The van der Waals surface area contributed by atoms with Crippen LogP contribution < -0.4 is 5.32 Å². The molecule has 0 aromatic rings. The minimum atomic E-state index is 0.0191. The Labute approximate surface area is 105 Å². The molecule has 0 aromatic carbocycles. The predicted octanol–water partition coefficient (Wildman–Crippen LogP) is 1.75. The van der Waals surface area contributed by atoms with E-state index in [-0.39, 0.29) is 18.1 Å². The van der Waals surface area contributed by atoms with Crippen molar-refractivity contribution >= 4 is 5.91 Å². The molecule has 1 aliphatic rings. The molecule has 1 saturated heterocycles. The summed E-state index contributed by atoms with van der Waals surface area (Å²) in [6.45, 7) is 8.46. The summed E-state index contributed by atoms with van der Waals surface area (Å²) >= 11 is 0. The summed E-state index contributed by atoms with van der Waals surface area (Å²) in [4.78, 5) is 13.9. The fourth-order valence-electron chi connectivity index (χ4n) is 2.15. The van der Waals surface area contributed by atoms with Crippen LogP contribution in [-0.4, -0.2) is 42.8 Å². The van der Waals surface area contributed by atoms with E-state index in [0.717, 1.165) is 32.3 Å². The second-order valence-corrected chi connectivity index (χ2v) is 4.68. The lowest BCUT2D eigenvalue weighted by molar-refractivity contribution is -0.130. The third kappa shape index (κ3) is 4.28. The van der Waals surface area contributed by atoms with E-state index in [9.17, 15) is 4.79 Å². The summed E-state index contributed by atoms with van der Waals surface area (Å²) in [5.74, 6) is 0.235. The van der Waals surface area contributed by atoms with E-state index in [1.54, 1.807) is 0 Å². The Morgan fingerprint density at radius 3 is 2.71 bits per heavy atom. The molecule has 1 amide bonds. The zero-order chi connectivity index (χ0) is 12.7. The number of carbonyl (C=O) groups is 1. The fourth-order valence-corrected chi connectivity index (χ4v) is 2.15. The first-order valence-electron chi connectivity index (χ1n) is 6.85. The lowest BCUT2D eigenvalue weighted by Gasteiger charge is -2.20. The van der Waals surface area contributed by atoms with E-state index in [1.807, 2.05) is 11.8 Å². The van der Waals surface area contributed by atoms with Gasteiger partial charge in [-0.25, -0.2) is 0 Å². The fraction of sp³-hybridized carbons (Fsp3) is 0.923. The van der Waals surface area contributed by atoms with E-state index < -0.39 is 0 Å². The van der Waals surface area contributed by atoms with Crippen molar-refractivity contribution in [2.24, 2.45) is 0 Å². The van der Waals surface area contributed by atoms with Gasteiger partial charge in [-0.3, -0.25) is 10.1 Å². The van der Waals surface area contributed by atoms with Crippen LogP contribution in [0.2, 0.25) is 0 Å². The Hall–Kier alpha value is -0.610. The second-order valence-electron chi connectivity index (χ2n) is 4.68. The lowest BCUT2D eigenvalue weighted by Crippen LogP contribution is -2.37. The molecule has 4 nitrogen and oxygen atoms in total. The van der Waals surface area contributed by atoms with E-state index in [1.165, 1.54) is 0 Å². The average Bonchev–Trinajstić information content (AvgIpc) is 2.56.